The van der Waals surface area contributed by atoms with Crippen molar-refractivity contribution in [2.24, 2.45) is 10.9 Å². The van der Waals surface area contributed by atoms with Crippen LogP contribution in [0.1, 0.15) is 44.3 Å². The molecule has 0 bridgehead atoms. The van der Waals surface area contributed by atoms with Crippen LogP contribution in [0.2, 0.25) is 0 Å². The van der Waals surface area contributed by atoms with E-state index in [4.69, 9.17) is 4.42 Å². The molecule has 0 radical (unpaired) electrons. The summed E-state index contributed by atoms with van der Waals surface area (Å²) in [6, 6.07) is 3.63. The SMILES string of the molecule is CN=C(NCCCC1CCCC1)NCC(=O)NCc1ccco1. The third-order valence-corrected chi connectivity index (χ3v) is 4.24. The Bertz CT molecular complexity index is 479. The predicted octanol–water partition coefficient (Wildman–Crippen LogP) is 2.03. The van der Waals surface area contributed by atoms with Gasteiger partial charge in [0.05, 0.1) is 19.4 Å². The number of hydrogen-bond acceptors (Lipinski definition) is 3. The molecule has 6 nitrogen and oxygen atoms in total. The first-order chi connectivity index (χ1) is 11.3. The fraction of sp³-hybridized carbons (Fsp3) is 0.647. The molecule has 0 unspecified atom stereocenters. The van der Waals surface area contributed by atoms with Crippen molar-refractivity contribution in [2.45, 2.75) is 45.1 Å². The normalized spacial score (nSPS) is 15.6. The molecule has 3 N–H and O–H groups in total. The minimum Gasteiger partial charge on any atom is -0.467 e. The van der Waals surface area contributed by atoms with Gasteiger partial charge in [-0.2, -0.15) is 0 Å². The standard InChI is InChI=1S/C17H28N4O2/c1-18-17(19-10-4-8-14-6-2-3-7-14)21-13-16(22)20-12-15-9-5-11-23-15/h5,9,11,14H,2-4,6-8,10,12-13H2,1H3,(H,20,22)(H2,18,19,21). The zero-order valence-corrected chi connectivity index (χ0v) is 13.9. The predicted molar refractivity (Wildman–Crippen MR) is 91.1 cm³/mol. The Morgan fingerprint density at radius 2 is 2.13 bits per heavy atom. The molecule has 1 saturated carbocycles. The lowest BCUT2D eigenvalue weighted by atomic mass is 10.0. The smallest absolute Gasteiger partial charge is 0.239 e. The third kappa shape index (κ3) is 6.76. The maximum Gasteiger partial charge on any atom is 0.239 e. The lowest BCUT2D eigenvalue weighted by Gasteiger charge is -2.13. The number of guanidine groups is 1. The van der Waals surface area contributed by atoms with Gasteiger partial charge in [-0.1, -0.05) is 25.7 Å². The van der Waals surface area contributed by atoms with E-state index in [1.165, 1.54) is 32.1 Å². The van der Waals surface area contributed by atoms with Crippen molar-refractivity contribution < 1.29 is 9.21 Å². The topological polar surface area (TPSA) is 78.7 Å². The van der Waals surface area contributed by atoms with E-state index in [1.807, 2.05) is 6.07 Å². The first-order valence-corrected chi connectivity index (χ1v) is 8.51. The van der Waals surface area contributed by atoms with Crippen molar-refractivity contribution in [1.29, 1.82) is 0 Å². The zero-order chi connectivity index (χ0) is 16.3. The number of carbonyl (C=O) groups excluding carboxylic acids is 1. The number of nitrogens with one attached hydrogen (secondary N) is 3. The van der Waals surface area contributed by atoms with Crippen LogP contribution < -0.4 is 16.0 Å². The molecule has 1 fully saturated rings. The number of carbonyl (C=O) groups is 1. The zero-order valence-electron chi connectivity index (χ0n) is 13.9. The van der Waals surface area contributed by atoms with Crippen LogP contribution in [-0.4, -0.2) is 32.0 Å². The van der Waals surface area contributed by atoms with Crippen LogP contribution in [0, 0.1) is 5.92 Å². The maximum atomic E-state index is 11.8. The van der Waals surface area contributed by atoms with Crippen LogP contribution in [0.4, 0.5) is 0 Å². The van der Waals surface area contributed by atoms with Crippen LogP contribution in [0.3, 0.4) is 0 Å². The van der Waals surface area contributed by atoms with Crippen molar-refractivity contribution >= 4 is 11.9 Å². The molecule has 2 rings (SSSR count). The highest BCUT2D eigenvalue weighted by Gasteiger charge is 2.14. The Kier molecular flexibility index (Phi) is 7.49. The van der Waals surface area contributed by atoms with Gasteiger partial charge in [-0.05, 0) is 30.9 Å². The monoisotopic (exact) mass is 320 g/mol. The van der Waals surface area contributed by atoms with Gasteiger partial charge in [0.25, 0.3) is 0 Å². The molecule has 23 heavy (non-hydrogen) atoms. The van der Waals surface area contributed by atoms with Crippen molar-refractivity contribution in [3.8, 4) is 0 Å². The summed E-state index contributed by atoms with van der Waals surface area (Å²) in [5.74, 6) is 2.24. The summed E-state index contributed by atoms with van der Waals surface area (Å²) in [6.45, 7) is 1.49. The van der Waals surface area contributed by atoms with Gasteiger partial charge in [-0.15, -0.1) is 0 Å². The fourth-order valence-corrected chi connectivity index (χ4v) is 2.94. The molecule has 128 valence electrons. The molecule has 0 saturated heterocycles. The van der Waals surface area contributed by atoms with E-state index in [0.29, 0.717) is 12.5 Å². The molecule has 0 atom stereocenters. The molecule has 0 aliphatic heterocycles. The van der Waals surface area contributed by atoms with Crippen LogP contribution in [-0.2, 0) is 11.3 Å². The van der Waals surface area contributed by atoms with E-state index in [0.717, 1.165) is 24.6 Å². The van der Waals surface area contributed by atoms with Gasteiger partial charge >= 0.3 is 0 Å². The molecular weight excluding hydrogens is 292 g/mol. The van der Waals surface area contributed by atoms with Gasteiger partial charge in [0.2, 0.25) is 5.91 Å². The number of rotatable bonds is 8. The van der Waals surface area contributed by atoms with Gasteiger partial charge < -0.3 is 20.4 Å². The minimum absolute atomic E-state index is 0.0877. The van der Waals surface area contributed by atoms with Gasteiger partial charge in [0, 0.05) is 13.6 Å². The maximum absolute atomic E-state index is 11.8. The van der Waals surface area contributed by atoms with Crippen LogP contribution >= 0.6 is 0 Å². The Hall–Kier alpha value is -1.98. The van der Waals surface area contributed by atoms with Crippen molar-refractivity contribution in [1.82, 2.24) is 16.0 Å². The Morgan fingerprint density at radius 3 is 2.83 bits per heavy atom. The molecule has 1 aliphatic carbocycles. The molecule has 0 aromatic carbocycles. The molecule has 1 heterocycles. The van der Waals surface area contributed by atoms with Crippen LogP contribution in [0.5, 0.6) is 0 Å². The van der Waals surface area contributed by atoms with Crippen LogP contribution in [0.25, 0.3) is 0 Å². The average Bonchev–Trinajstić information content (AvgIpc) is 3.25. The van der Waals surface area contributed by atoms with E-state index in [1.54, 1.807) is 19.4 Å². The summed E-state index contributed by atoms with van der Waals surface area (Å²) < 4.78 is 5.17. The molecular formula is C17H28N4O2. The number of amides is 1. The molecule has 0 spiro atoms. The highest BCUT2D eigenvalue weighted by molar-refractivity contribution is 5.86. The Balaban J connectivity index is 1.54. The summed E-state index contributed by atoms with van der Waals surface area (Å²) in [4.78, 5) is 15.9. The Morgan fingerprint density at radius 1 is 1.30 bits per heavy atom. The molecule has 1 aliphatic rings. The van der Waals surface area contributed by atoms with Crippen molar-refractivity contribution in [3.63, 3.8) is 0 Å². The average molecular weight is 320 g/mol. The summed E-state index contributed by atoms with van der Waals surface area (Å²) in [6.07, 6.45) is 9.61. The number of nitrogens with zero attached hydrogens (tertiary/aromatic N) is 1. The molecule has 6 heteroatoms. The number of hydrogen-bond donors (Lipinski definition) is 3. The van der Waals surface area contributed by atoms with Crippen molar-refractivity contribution in [2.75, 3.05) is 20.1 Å². The lowest BCUT2D eigenvalue weighted by Crippen LogP contribution is -2.43. The summed E-state index contributed by atoms with van der Waals surface area (Å²) in [7, 11) is 1.72. The fourth-order valence-electron chi connectivity index (χ4n) is 2.94. The number of furan rings is 1. The van der Waals surface area contributed by atoms with Crippen LogP contribution in [0.15, 0.2) is 27.8 Å². The highest BCUT2D eigenvalue weighted by atomic mass is 16.3. The van der Waals surface area contributed by atoms with Gasteiger partial charge in [0.1, 0.15) is 5.76 Å². The third-order valence-electron chi connectivity index (χ3n) is 4.24. The van der Waals surface area contributed by atoms with E-state index in [9.17, 15) is 4.79 Å². The molecule has 1 aromatic heterocycles. The molecule has 1 aromatic rings. The Labute approximate surface area is 138 Å². The van der Waals surface area contributed by atoms with Gasteiger partial charge in [-0.25, -0.2) is 0 Å². The second-order valence-corrected chi connectivity index (χ2v) is 6.00. The minimum atomic E-state index is -0.0877. The largest absolute Gasteiger partial charge is 0.467 e. The van der Waals surface area contributed by atoms with Gasteiger partial charge in [-0.3, -0.25) is 9.79 Å². The van der Waals surface area contributed by atoms with E-state index in [-0.39, 0.29) is 12.5 Å². The van der Waals surface area contributed by atoms with E-state index < -0.39 is 0 Å². The summed E-state index contributed by atoms with van der Waals surface area (Å²) >= 11 is 0. The van der Waals surface area contributed by atoms with E-state index in [2.05, 4.69) is 20.9 Å². The summed E-state index contributed by atoms with van der Waals surface area (Å²) in [5.41, 5.74) is 0. The van der Waals surface area contributed by atoms with Gasteiger partial charge in [0.15, 0.2) is 5.96 Å². The molecule has 1 amide bonds. The second kappa shape index (κ2) is 9.92. The van der Waals surface area contributed by atoms with Crippen molar-refractivity contribution in [3.05, 3.63) is 24.2 Å². The quantitative estimate of drug-likeness (QED) is 0.389. The first-order valence-electron chi connectivity index (χ1n) is 8.51. The van der Waals surface area contributed by atoms with E-state index >= 15 is 0 Å². The first kappa shape index (κ1) is 17.4. The second-order valence-electron chi connectivity index (χ2n) is 6.00. The number of aliphatic imine (C=N–C) groups is 1. The lowest BCUT2D eigenvalue weighted by molar-refractivity contribution is -0.120. The summed E-state index contributed by atoms with van der Waals surface area (Å²) in [5, 5.41) is 9.07. The highest BCUT2D eigenvalue weighted by Crippen LogP contribution is 2.28.